The molecule has 24 heavy (non-hydrogen) atoms. The van der Waals surface area contributed by atoms with Gasteiger partial charge in [0.05, 0.1) is 11.6 Å². The maximum Gasteiger partial charge on any atom is 0.356 e. The number of ether oxygens (including phenoxy) is 2. The predicted octanol–water partition coefficient (Wildman–Crippen LogP) is 4.34. The second kappa shape index (κ2) is 8.84. The fraction of sp³-hybridized carbons (Fsp3) is 0.176. The maximum atomic E-state index is 11.6. The van der Waals surface area contributed by atoms with E-state index in [0.717, 1.165) is 14.5 Å². The molecule has 7 heteroatoms. The van der Waals surface area contributed by atoms with Crippen LogP contribution in [0.3, 0.4) is 0 Å². The summed E-state index contributed by atoms with van der Waals surface area (Å²) >= 11 is 6.87. The average molecular weight is 457 g/mol. The summed E-state index contributed by atoms with van der Waals surface area (Å²) in [5.41, 5.74) is 1.60. The van der Waals surface area contributed by atoms with E-state index in [-0.39, 0.29) is 12.1 Å². The highest BCUT2D eigenvalue weighted by atomic mass is 79.9. The van der Waals surface area contributed by atoms with Gasteiger partial charge in [-0.2, -0.15) is 0 Å². The van der Waals surface area contributed by atoms with Gasteiger partial charge in [-0.3, -0.25) is 0 Å². The zero-order valence-electron chi connectivity index (χ0n) is 12.8. The van der Waals surface area contributed by atoms with E-state index < -0.39 is 5.97 Å². The minimum Gasteiger partial charge on any atom is -0.487 e. The number of hydrogen-bond acceptors (Lipinski definition) is 5. The largest absolute Gasteiger partial charge is 0.487 e. The van der Waals surface area contributed by atoms with Crippen LogP contribution in [0.4, 0.5) is 0 Å². The lowest BCUT2D eigenvalue weighted by Crippen LogP contribution is -2.19. The lowest BCUT2D eigenvalue weighted by molar-refractivity contribution is -0.133. The molecule has 0 amide bonds. The summed E-state index contributed by atoms with van der Waals surface area (Å²) in [5.74, 6) is -0.116. The SMILES string of the molecule is COC(=O)C(Cc1cc(Br)cc(Br)c1OCc1ccccc1)=NO. The topological polar surface area (TPSA) is 68.1 Å². The van der Waals surface area contributed by atoms with Crippen molar-refractivity contribution in [1.29, 1.82) is 0 Å². The van der Waals surface area contributed by atoms with Crippen molar-refractivity contribution in [2.24, 2.45) is 5.16 Å². The number of carbonyl (C=O) groups is 1. The molecule has 2 aromatic rings. The minimum absolute atomic E-state index is 0.0747. The Labute approximate surface area is 156 Å². The van der Waals surface area contributed by atoms with Gasteiger partial charge in [0.25, 0.3) is 0 Å². The summed E-state index contributed by atoms with van der Waals surface area (Å²) < 4.78 is 12.1. The molecule has 0 aliphatic rings. The Hall–Kier alpha value is -1.86. The third kappa shape index (κ3) is 4.82. The van der Waals surface area contributed by atoms with Gasteiger partial charge in [-0.15, -0.1) is 0 Å². The van der Waals surface area contributed by atoms with Crippen molar-refractivity contribution >= 4 is 43.5 Å². The van der Waals surface area contributed by atoms with Crippen LogP contribution in [0.2, 0.25) is 0 Å². The van der Waals surface area contributed by atoms with Gasteiger partial charge in [0.2, 0.25) is 0 Å². The van der Waals surface area contributed by atoms with Crippen molar-refractivity contribution in [3.05, 3.63) is 62.5 Å². The van der Waals surface area contributed by atoms with Crippen LogP contribution < -0.4 is 4.74 Å². The maximum absolute atomic E-state index is 11.6. The monoisotopic (exact) mass is 455 g/mol. The number of carbonyl (C=O) groups excluding carboxylic acids is 1. The van der Waals surface area contributed by atoms with Crippen LogP contribution >= 0.6 is 31.9 Å². The van der Waals surface area contributed by atoms with E-state index >= 15 is 0 Å². The van der Waals surface area contributed by atoms with Gasteiger partial charge in [-0.25, -0.2) is 4.79 Å². The summed E-state index contributed by atoms with van der Waals surface area (Å²) in [4.78, 5) is 11.6. The number of oxime groups is 1. The highest BCUT2D eigenvalue weighted by Crippen LogP contribution is 2.34. The van der Waals surface area contributed by atoms with Gasteiger partial charge < -0.3 is 14.7 Å². The fourth-order valence-corrected chi connectivity index (χ4v) is 3.51. The van der Waals surface area contributed by atoms with E-state index in [1.54, 1.807) is 6.07 Å². The first-order valence-corrected chi connectivity index (χ1v) is 8.57. The second-order valence-electron chi connectivity index (χ2n) is 4.87. The molecule has 0 heterocycles. The molecule has 0 aliphatic carbocycles. The first kappa shape index (κ1) is 18.5. The Bertz CT molecular complexity index is 748. The number of benzene rings is 2. The van der Waals surface area contributed by atoms with Gasteiger partial charge >= 0.3 is 5.97 Å². The van der Waals surface area contributed by atoms with Crippen LogP contribution in [-0.2, 0) is 22.6 Å². The van der Waals surface area contributed by atoms with Crippen molar-refractivity contribution < 1.29 is 19.5 Å². The third-order valence-electron chi connectivity index (χ3n) is 3.21. The molecule has 0 bridgehead atoms. The van der Waals surface area contributed by atoms with E-state index in [0.29, 0.717) is 17.9 Å². The minimum atomic E-state index is -0.692. The van der Waals surface area contributed by atoms with Gasteiger partial charge in [0, 0.05) is 16.5 Å². The summed E-state index contributed by atoms with van der Waals surface area (Å²) in [5, 5.41) is 12.1. The molecule has 126 valence electrons. The smallest absolute Gasteiger partial charge is 0.356 e. The molecule has 0 aromatic heterocycles. The lowest BCUT2D eigenvalue weighted by atomic mass is 10.1. The lowest BCUT2D eigenvalue weighted by Gasteiger charge is -2.14. The highest BCUT2D eigenvalue weighted by Gasteiger charge is 2.18. The van der Waals surface area contributed by atoms with E-state index in [1.807, 2.05) is 36.4 Å². The zero-order chi connectivity index (χ0) is 17.5. The molecule has 0 radical (unpaired) electrons. The van der Waals surface area contributed by atoms with Gasteiger partial charge in [0.15, 0.2) is 5.71 Å². The van der Waals surface area contributed by atoms with E-state index in [2.05, 4.69) is 41.8 Å². The first-order valence-electron chi connectivity index (χ1n) is 6.99. The summed E-state index contributed by atoms with van der Waals surface area (Å²) in [6.07, 6.45) is 0.0747. The first-order chi connectivity index (χ1) is 11.5. The number of esters is 1. The van der Waals surface area contributed by atoms with E-state index in [1.165, 1.54) is 7.11 Å². The standard InChI is InChI=1S/C17H15Br2NO4/c1-23-17(21)15(20-22)8-12-7-13(18)9-14(19)16(12)24-10-11-5-3-2-4-6-11/h2-7,9,22H,8,10H2,1H3. The summed E-state index contributed by atoms with van der Waals surface area (Å²) in [6.45, 7) is 0.373. The predicted molar refractivity (Wildman–Crippen MR) is 97.6 cm³/mol. The molecule has 0 unspecified atom stereocenters. The van der Waals surface area contributed by atoms with Gasteiger partial charge in [0.1, 0.15) is 12.4 Å². The van der Waals surface area contributed by atoms with Crippen molar-refractivity contribution in [1.82, 2.24) is 0 Å². The molecule has 0 aliphatic heterocycles. The van der Waals surface area contributed by atoms with Crippen LogP contribution in [0.25, 0.3) is 0 Å². The van der Waals surface area contributed by atoms with Crippen LogP contribution in [0.15, 0.2) is 56.6 Å². The van der Waals surface area contributed by atoms with Crippen molar-refractivity contribution in [3.63, 3.8) is 0 Å². The molecular weight excluding hydrogens is 442 g/mol. The van der Waals surface area contributed by atoms with Crippen LogP contribution in [0, 0.1) is 0 Å². The molecule has 2 rings (SSSR count). The number of nitrogens with zero attached hydrogens (tertiary/aromatic N) is 1. The molecule has 2 aromatic carbocycles. The zero-order valence-corrected chi connectivity index (χ0v) is 16.0. The number of rotatable bonds is 6. The van der Waals surface area contributed by atoms with E-state index in [9.17, 15) is 4.79 Å². The average Bonchev–Trinajstić information content (AvgIpc) is 2.58. The van der Waals surface area contributed by atoms with Gasteiger partial charge in [-0.05, 0) is 33.6 Å². The second-order valence-corrected chi connectivity index (χ2v) is 6.64. The summed E-state index contributed by atoms with van der Waals surface area (Å²) in [6, 6.07) is 13.4. The third-order valence-corrected chi connectivity index (χ3v) is 4.26. The Balaban J connectivity index is 2.28. The number of halogens is 2. The van der Waals surface area contributed by atoms with Crippen LogP contribution in [-0.4, -0.2) is 24.0 Å². The Kier molecular flexibility index (Phi) is 6.81. The van der Waals surface area contributed by atoms with Crippen LogP contribution in [0.1, 0.15) is 11.1 Å². The highest BCUT2D eigenvalue weighted by molar-refractivity contribution is 9.11. The number of methoxy groups -OCH3 is 1. The van der Waals surface area contributed by atoms with Crippen molar-refractivity contribution in [2.75, 3.05) is 7.11 Å². The molecule has 0 saturated heterocycles. The fourth-order valence-electron chi connectivity index (χ4n) is 2.08. The van der Waals surface area contributed by atoms with Crippen molar-refractivity contribution in [2.45, 2.75) is 13.0 Å². The molecule has 0 atom stereocenters. The molecule has 0 saturated carbocycles. The Morgan fingerprint density at radius 3 is 2.54 bits per heavy atom. The van der Waals surface area contributed by atoms with Crippen LogP contribution in [0.5, 0.6) is 5.75 Å². The Morgan fingerprint density at radius 1 is 1.21 bits per heavy atom. The molecule has 0 spiro atoms. The van der Waals surface area contributed by atoms with E-state index in [4.69, 9.17) is 9.94 Å². The summed E-state index contributed by atoms with van der Waals surface area (Å²) in [7, 11) is 1.23. The van der Waals surface area contributed by atoms with Gasteiger partial charge in [-0.1, -0.05) is 51.4 Å². The molecular formula is C17H15Br2NO4. The molecule has 0 fully saturated rings. The number of hydrogen-bond donors (Lipinski definition) is 1. The normalized spacial score (nSPS) is 11.2. The Morgan fingerprint density at radius 2 is 1.92 bits per heavy atom. The van der Waals surface area contributed by atoms with Crippen molar-refractivity contribution in [3.8, 4) is 5.75 Å². The quantitative estimate of drug-likeness (QED) is 0.304. The molecule has 5 nitrogen and oxygen atoms in total. The molecule has 1 N–H and O–H groups in total.